The highest BCUT2D eigenvalue weighted by Gasteiger charge is 2.28. The molecular weight excluding hydrogens is 344 g/mol. The number of ether oxygens (including phenoxy) is 1. The minimum Gasteiger partial charge on any atom is -0.480 e. The van der Waals surface area contributed by atoms with Crippen LogP contribution in [0.4, 0.5) is 14.5 Å². The number of amides is 1. The smallest absolute Gasteiger partial charge is 0.265 e. The summed E-state index contributed by atoms with van der Waals surface area (Å²) in [7, 11) is 0. The van der Waals surface area contributed by atoms with Crippen LogP contribution in [0.2, 0.25) is 0 Å². The largest absolute Gasteiger partial charge is 0.480 e. The van der Waals surface area contributed by atoms with E-state index in [-0.39, 0.29) is 24.9 Å². The molecule has 6 heteroatoms. The van der Waals surface area contributed by atoms with Crippen molar-refractivity contribution in [2.75, 3.05) is 11.5 Å². The molecule has 0 N–H and O–H groups in total. The van der Waals surface area contributed by atoms with Gasteiger partial charge in [-0.2, -0.15) is 0 Å². The van der Waals surface area contributed by atoms with Gasteiger partial charge in [-0.1, -0.05) is 12.1 Å². The number of carbonyl (C=O) groups is 1. The van der Waals surface area contributed by atoms with Gasteiger partial charge in [0.2, 0.25) is 0 Å². The van der Waals surface area contributed by atoms with Crippen LogP contribution in [0, 0.1) is 11.6 Å². The van der Waals surface area contributed by atoms with Crippen molar-refractivity contribution < 1.29 is 18.3 Å². The molecule has 0 bridgehead atoms. The SMILES string of the molecule is O=C1COc2c(Br)cc(F)cc2N1Cc1ccc(F)cc1. The molecule has 108 valence electrons. The summed E-state index contributed by atoms with van der Waals surface area (Å²) in [6.45, 7) is 0.115. The molecule has 0 radical (unpaired) electrons. The summed E-state index contributed by atoms with van der Waals surface area (Å²) in [6.07, 6.45) is 0. The molecule has 2 aromatic rings. The lowest BCUT2D eigenvalue weighted by Crippen LogP contribution is -2.38. The van der Waals surface area contributed by atoms with Crippen molar-refractivity contribution in [1.82, 2.24) is 0 Å². The molecule has 0 saturated carbocycles. The fourth-order valence-electron chi connectivity index (χ4n) is 2.18. The van der Waals surface area contributed by atoms with Gasteiger partial charge in [-0.3, -0.25) is 4.79 Å². The van der Waals surface area contributed by atoms with Gasteiger partial charge in [0.05, 0.1) is 16.7 Å². The lowest BCUT2D eigenvalue weighted by Gasteiger charge is -2.30. The van der Waals surface area contributed by atoms with Crippen molar-refractivity contribution >= 4 is 27.5 Å². The zero-order chi connectivity index (χ0) is 15.0. The molecule has 0 aliphatic carbocycles. The lowest BCUT2D eigenvalue weighted by atomic mass is 10.1. The van der Waals surface area contributed by atoms with Crippen LogP contribution >= 0.6 is 15.9 Å². The van der Waals surface area contributed by atoms with E-state index in [1.165, 1.54) is 29.2 Å². The molecule has 1 heterocycles. The second kappa shape index (κ2) is 5.44. The summed E-state index contributed by atoms with van der Waals surface area (Å²) in [6, 6.07) is 8.36. The average molecular weight is 354 g/mol. The summed E-state index contributed by atoms with van der Waals surface area (Å²) in [5.41, 5.74) is 1.11. The molecular formula is C15H10BrF2NO2. The number of rotatable bonds is 2. The number of fused-ring (bicyclic) bond motifs is 1. The number of benzene rings is 2. The summed E-state index contributed by atoms with van der Waals surface area (Å²) in [5.74, 6) is -0.660. The van der Waals surface area contributed by atoms with Crippen molar-refractivity contribution in [3.8, 4) is 5.75 Å². The van der Waals surface area contributed by atoms with Gasteiger partial charge in [-0.05, 0) is 39.7 Å². The molecule has 2 aromatic carbocycles. The van der Waals surface area contributed by atoms with Crippen LogP contribution in [0.15, 0.2) is 40.9 Å². The molecule has 0 saturated heterocycles. The molecule has 0 spiro atoms. The fraction of sp³-hybridized carbons (Fsp3) is 0.133. The average Bonchev–Trinajstić information content (AvgIpc) is 2.44. The monoisotopic (exact) mass is 353 g/mol. The van der Waals surface area contributed by atoms with E-state index in [0.717, 1.165) is 5.56 Å². The second-order valence-corrected chi connectivity index (χ2v) is 5.49. The molecule has 1 aliphatic heterocycles. The number of halogens is 3. The van der Waals surface area contributed by atoms with Crippen LogP contribution in [-0.2, 0) is 11.3 Å². The van der Waals surface area contributed by atoms with E-state index < -0.39 is 5.82 Å². The molecule has 0 aromatic heterocycles. The fourth-order valence-corrected chi connectivity index (χ4v) is 2.72. The van der Waals surface area contributed by atoms with Gasteiger partial charge in [0, 0.05) is 6.07 Å². The van der Waals surface area contributed by atoms with Crippen LogP contribution in [0.5, 0.6) is 5.75 Å². The second-order valence-electron chi connectivity index (χ2n) is 4.63. The van der Waals surface area contributed by atoms with E-state index in [0.29, 0.717) is 15.9 Å². The van der Waals surface area contributed by atoms with Gasteiger partial charge in [0.1, 0.15) is 11.6 Å². The Labute approximate surface area is 128 Å². The Morgan fingerprint density at radius 3 is 2.57 bits per heavy atom. The minimum atomic E-state index is -0.469. The number of carbonyl (C=O) groups excluding carboxylic acids is 1. The Bertz CT molecular complexity index is 704. The predicted octanol–water partition coefficient (Wildman–Crippen LogP) is 3.65. The number of hydrogen-bond donors (Lipinski definition) is 0. The Kier molecular flexibility index (Phi) is 3.63. The van der Waals surface area contributed by atoms with E-state index >= 15 is 0 Å². The Morgan fingerprint density at radius 1 is 1.14 bits per heavy atom. The summed E-state index contributed by atoms with van der Waals surface area (Å²) >= 11 is 3.22. The lowest BCUT2D eigenvalue weighted by molar-refractivity contribution is -0.121. The highest BCUT2D eigenvalue weighted by molar-refractivity contribution is 9.10. The molecule has 3 rings (SSSR count). The topological polar surface area (TPSA) is 29.5 Å². The molecule has 0 atom stereocenters. The quantitative estimate of drug-likeness (QED) is 0.824. The van der Waals surface area contributed by atoms with E-state index in [1.54, 1.807) is 12.1 Å². The molecule has 0 fully saturated rings. The maximum atomic E-state index is 13.6. The zero-order valence-electron chi connectivity index (χ0n) is 10.8. The van der Waals surface area contributed by atoms with E-state index in [1.807, 2.05) is 0 Å². The van der Waals surface area contributed by atoms with Crippen LogP contribution < -0.4 is 9.64 Å². The summed E-state index contributed by atoms with van der Waals surface area (Å²) in [5, 5.41) is 0. The third-order valence-electron chi connectivity index (χ3n) is 3.17. The first-order chi connectivity index (χ1) is 10.0. The normalized spacial score (nSPS) is 13.9. The molecule has 1 amide bonds. The van der Waals surface area contributed by atoms with Crippen LogP contribution in [0.1, 0.15) is 5.56 Å². The van der Waals surface area contributed by atoms with E-state index in [9.17, 15) is 13.6 Å². The molecule has 0 unspecified atom stereocenters. The van der Waals surface area contributed by atoms with Crippen molar-refractivity contribution in [2.45, 2.75) is 6.54 Å². The Hall–Kier alpha value is -1.95. The highest BCUT2D eigenvalue weighted by Crippen LogP contribution is 2.39. The Morgan fingerprint density at radius 2 is 1.86 bits per heavy atom. The molecule has 21 heavy (non-hydrogen) atoms. The van der Waals surface area contributed by atoms with Crippen LogP contribution in [-0.4, -0.2) is 12.5 Å². The highest BCUT2D eigenvalue weighted by atomic mass is 79.9. The van der Waals surface area contributed by atoms with Crippen molar-refractivity contribution in [3.05, 3.63) is 58.1 Å². The molecule has 3 nitrogen and oxygen atoms in total. The number of anilines is 1. The standard InChI is InChI=1S/C15H10BrF2NO2/c16-12-5-11(18)6-13-15(12)21-8-14(20)19(13)7-9-1-3-10(17)4-2-9/h1-6H,7-8H2. The van der Waals surface area contributed by atoms with Gasteiger partial charge in [-0.25, -0.2) is 8.78 Å². The third kappa shape index (κ3) is 2.76. The van der Waals surface area contributed by atoms with Crippen LogP contribution in [0.25, 0.3) is 0 Å². The number of hydrogen-bond acceptors (Lipinski definition) is 2. The van der Waals surface area contributed by atoms with Crippen LogP contribution in [0.3, 0.4) is 0 Å². The first-order valence-electron chi connectivity index (χ1n) is 6.21. The maximum Gasteiger partial charge on any atom is 0.265 e. The first-order valence-corrected chi connectivity index (χ1v) is 7.00. The third-order valence-corrected chi connectivity index (χ3v) is 3.76. The summed E-state index contributed by atoms with van der Waals surface area (Å²) in [4.78, 5) is 13.5. The minimum absolute atomic E-state index is 0.113. The van der Waals surface area contributed by atoms with Gasteiger partial charge in [0.25, 0.3) is 5.91 Å². The van der Waals surface area contributed by atoms with Crippen molar-refractivity contribution in [1.29, 1.82) is 0 Å². The first kappa shape index (κ1) is 14.0. The zero-order valence-corrected chi connectivity index (χ0v) is 12.4. The van der Waals surface area contributed by atoms with Gasteiger partial charge in [-0.15, -0.1) is 0 Å². The maximum absolute atomic E-state index is 13.6. The Balaban J connectivity index is 1.99. The predicted molar refractivity (Wildman–Crippen MR) is 77.2 cm³/mol. The van der Waals surface area contributed by atoms with Crippen molar-refractivity contribution in [2.24, 2.45) is 0 Å². The van der Waals surface area contributed by atoms with E-state index in [2.05, 4.69) is 15.9 Å². The van der Waals surface area contributed by atoms with Gasteiger partial charge < -0.3 is 9.64 Å². The van der Waals surface area contributed by atoms with E-state index in [4.69, 9.17) is 4.74 Å². The van der Waals surface area contributed by atoms with Gasteiger partial charge in [0.15, 0.2) is 12.4 Å². The molecule has 1 aliphatic rings. The summed E-state index contributed by atoms with van der Waals surface area (Å²) < 4.78 is 32.3. The van der Waals surface area contributed by atoms with Crippen molar-refractivity contribution in [3.63, 3.8) is 0 Å². The van der Waals surface area contributed by atoms with Gasteiger partial charge >= 0.3 is 0 Å². The number of nitrogens with zero attached hydrogens (tertiary/aromatic N) is 1.